The first kappa shape index (κ1) is 14.2. The van der Waals surface area contributed by atoms with Gasteiger partial charge in [-0.1, -0.05) is 18.2 Å². The van der Waals surface area contributed by atoms with E-state index in [9.17, 15) is 0 Å². The molecule has 2 rings (SSSR count). The summed E-state index contributed by atoms with van der Waals surface area (Å²) in [4.78, 5) is 2.05. The average molecular weight is 300 g/mol. The largest absolute Gasteiger partial charge is 0.294 e. The predicted molar refractivity (Wildman–Crippen MR) is 76.0 cm³/mol. The predicted octanol–water partition coefficient (Wildman–Crippen LogP) is 2.11. The minimum absolute atomic E-state index is 0.0735. The Morgan fingerprint density at radius 3 is 2.63 bits per heavy atom. The van der Waals surface area contributed by atoms with Gasteiger partial charge in [0.2, 0.25) is 0 Å². The maximum atomic E-state index is 6.06. The number of rotatable bonds is 6. The molecule has 0 spiro atoms. The van der Waals surface area contributed by atoms with E-state index in [1.165, 1.54) is 0 Å². The molecule has 0 aliphatic heterocycles. The number of benzene rings is 1. The lowest BCUT2D eigenvalue weighted by Crippen LogP contribution is -2.30. The van der Waals surface area contributed by atoms with E-state index < -0.39 is 0 Å². The minimum atomic E-state index is -0.0735. The van der Waals surface area contributed by atoms with Crippen LogP contribution in [0.5, 0.6) is 0 Å². The number of halogens is 2. The molecule has 1 unspecified atom stereocenters. The Kier molecular flexibility index (Phi) is 5.13. The van der Waals surface area contributed by atoms with E-state index in [2.05, 4.69) is 15.5 Å². The monoisotopic (exact) mass is 299 g/mol. The zero-order chi connectivity index (χ0) is 13.7. The fourth-order valence-electron chi connectivity index (χ4n) is 1.83. The molecule has 1 atom stereocenters. The van der Waals surface area contributed by atoms with Gasteiger partial charge in [0, 0.05) is 18.3 Å². The molecule has 19 heavy (non-hydrogen) atoms. The maximum Gasteiger partial charge on any atom is 0.174 e. The van der Waals surface area contributed by atoms with Gasteiger partial charge in [0.1, 0.15) is 0 Å². The highest BCUT2D eigenvalue weighted by atomic mass is 35.5. The number of hydrogen-bond acceptors (Lipinski definition) is 4. The Morgan fingerprint density at radius 1 is 1.26 bits per heavy atom. The van der Waals surface area contributed by atoms with Crippen LogP contribution < -0.4 is 0 Å². The third-order valence-electron chi connectivity index (χ3n) is 2.91. The molecule has 0 aliphatic rings. The number of nitrogens with zero attached hydrogens (tertiary/aromatic N) is 5. The summed E-state index contributed by atoms with van der Waals surface area (Å²) < 4.78 is 1.71. The molecule has 0 radical (unpaired) electrons. The van der Waals surface area contributed by atoms with E-state index in [0.29, 0.717) is 17.6 Å². The summed E-state index contributed by atoms with van der Waals surface area (Å²) in [6, 6.07) is 9.67. The van der Waals surface area contributed by atoms with Gasteiger partial charge in [-0.3, -0.25) is 4.90 Å². The van der Waals surface area contributed by atoms with Crippen LogP contribution in [0.4, 0.5) is 0 Å². The molecule has 0 bridgehead atoms. The van der Waals surface area contributed by atoms with Crippen molar-refractivity contribution in [1.82, 2.24) is 25.1 Å². The molecule has 0 N–H and O–H groups in total. The Labute approximate surface area is 122 Å². The van der Waals surface area contributed by atoms with Crippen molar-refractivity contribution in [3.63, 3.8) is 0 Å². The van der Waals surface area contributed by atoms with Gasteiger partial charge in [-0.2, -0.15) is 4.68 Å². The summed E-state index contributed by atoms with van der Waals surface area (Å²) in [6.45, 7) is 0.723. The van der Waals surface area contributed by atoms with Gasteiger partial charge in [-0.15, -0.1) is 28.3 Å². The number of hydrogen-bond donors (Lipinski definition) is 0. The van der Waals surface area contributed by atoms with Crippen molar-refractivity contribution in [1.29, 1.82) is 0 Å². The van der Waals surface area contributed by atoms with Crippen molar-refractivity contribution < 1.29 is 0 Å². The van der Waals surface area contributed by atoms with Gasteiger partial charge in [0.15, 0.2) is 5.82 Å². The molecule has 0 fully saturated rings. The molecule has 1 heterocycles. The van der Waals surface area contributed by atoms with Crippen molar-refractivity contribution in [3.05, 3.63) is 36.2 Å². The topological polar surface area (TPSA) is 46.8 Å². The number of alkyl halides is 2. The first-order valence-corrected chi connectivity index (χ1v) is 7.00. The second-order valence-corrected chi connectivity index (χ2v) is 4.81. The molecule has 5 nitrogen and oxygen atoms in total. The average Bonchev–Trinajstić information content (AvgIpc) is 2.90. The number of aromatic nitrogens is 4. The summed E-state index contributed by atoms with van der Waals surface area (Å²) in [5.41, 5.74) is 0.914. The molecule has 102 valence electrons. The SMILES string of the molecule is CN(CCCl)C(CCl)c1nnnn1-c1ccccc1. The molecule has 0 amide bonds. The Hall–Kier alpha value is -1.17. The van der Waals surface area contributed by atoms with Crippen molar-refractivity contribution >= 4 is 23.2 Å². The van der Waals surface area contributed by atoms with Gasteiger partial charge in [-0.05, 0) is 29.6 Å². The standard InChI is InChI=1S/C12H15Cl2N5/c1-18(8-7-13)11(9-14)12-15-16-17-19(12)10-5-3-2-4-6-10/h2-6,11H,7-9H2,1H3. The molecule has 0 aliphatic carbocycles. The van der Waals surface area contributed by atoms with Crippen molar-refractivity contribution in [2.24, 2.45) is 0 Å². The maximum absolute atomic E-state index is 6.06. The summed E-state index contributed by atoms with van der Waals surface area (Å²) in [5, 5.41) is 11.9. The lowest BCUT2D eigenvalue weighted by atomic mass is 10.2. The Bertz CT molecular complexity index is 502. The van der Waals surface area contributed by atoms with Crippen LogP contribution in [0.2, 0.25) is 0 Å². The van der Waals surface area contributed by atoms with Crippen LogP contribution in [0.1, 0.15) is 11.9 Å². The quantitative estimate of drug-likeness (QED) is 0.767. The van der Waals surface area contributed by atoms with E-state index in [1.54, 1.807) is 4.68 Å². The van der Waals surface area contributed by atoms with Crippen LogP contribution in [0.15, 0.2) is 30.3 Å². The fraction of sp³-hybridized carbons (Fsp3) is 0.417. The lowest BCUT2D eigenvalue weighted by Gasteiger charge is -2.24. The Balaban J connectivity index is 2.32. The summed E-state index contributed by atoms with van der Waals surface area (Å²) in [6.07, 6.45) is 0. The third kappa shape index (κ3) is 3.23. The van der Waals surface area contributed by atoms with Crippen molar-refractivity contribution in [2.75, 3.05) is 25.4 Å². The summed E-state index contributed by atoms with van der Waals surface area (Å²) in [5.74, 6) is 1.66. The van der Waals surface area contributed by atoms with Crippen LogP contribution in [-0.2, 0) is 0 Å². The second-order valence-electron chi connectivity index (χ2n) is 4.12. The van der Waals surface area contributed by atoms with Crippen LogP contribution in [0, 0.1) is 0 Å². The third-order valence-corrected chi connectivity index (χ3v) is 3.37. The fourth-order valence-corrected chi connectivity index (χ4v) is 2.47. The van der Waals surface area contributed by atoms with Crippen molar-refractivity contribution in [2.45, 2.75) is 6.04 Å². The number of tetrazole rings is 1. The van der Waals surface area contributed by atoms with Gasteiger partial charge in [0.05, 0.1) is 11.7 Å². The van der Waals surface area contributed by atoms with Gasteiger partial charge >= 0.3 is 0 Å². The van der Waals surface area contributed by atoms with Crippen molar-refractivity contribution in [3.8, 4) is 5.69 Å². The Morgan fingerprint density at radius 2 is 2.00 bits per heavy atom. The highest BCUT2D eigenvalue weighted by molar-refractivity contribution is 6.18. The molecule has 7 heteroatoms. The van der Waals surface area contributed by atoms with E-state index in [1.807, 2.05) is 42.3 Å². The highest BCUT2D eigenvalue weighted by Gasteiger charge is 2.23. The van der Waals surface area contributed by atoms with Crippen LogP contribution in [0.3, 0.4) is 0 Å². The molecule has 0 saturated carbocycles. The molecular weight excluding hydrogens is 285 g/mol. The minimum Gasteiger partial charge on any atom is -0.294 e. The van der Waals surface area contributed by atoms with E-state index in [4.69, 9.17) is 23.2 Å². The lowest BCUT2D eigenvalue weighted by molar-refractivity contribution is 0.267. The van der Waals surface area contributed by atoms with E-state index in [-0.39, 0.29) is 6.04 Å². The zero-order valence-corrected chi connectivity index (χ0v) is 12.1. The molecule has 1 aromatic heterocycles. The molecular formula is C12H15Cl2N5. The van der Waals surface area contributed by atoms with Gasteiger partial charge in [0.25, 0.3) is 0 Å². The smallest absolute Gasteiger partial charge is 0.174 e. The van der Waals surface area contributed by atoms with Crippen LogP contribution >= 0.6 is 23.2 Å². The molecule has 1 aromatic carbocycles. The first-order chi connectivity index (χ1) is 9.27. The van der Waals surface area contributed by atoms with Gasteiger partial charge in [-0.25, -0.2) is 0 Å². The summed E-state index contributed by atoms with van der Waals surface area (Å²) >= 11 is 11.8. The van der Waals surface area contributed by atoms with Crippen LogP contribution in [-0.4, -0.2) is 50.5 Å². The highest BCUT2D eigenvalue weighted by Crippen LogP contribution is 2.20. The second kappa shape index (κ2) is 6.84. The normalized spacial score (nSPS) is 12.8. The zero-order valence-electron chi connectivity index (χ0n) is 10.6. The number of para-hydroxylation sites is 1. The first-order valence-electron chi connectivity index (χ1n) is 5.93. The van der Waals surface area contributed by atoms with E-state index in [0.717, 1.165) is 12.2 Å². The van der Waals surface area contributed by atoms with Gasteiger partial charge < -0.3 is 0 Å². The van der Waals surface area contributed by atoms with Crippen LogP contribution in [0.25, 0.3) is 5.69 Å². The molecule has 0 saturated heterocycles. The molecule has 2 aromatic rings. The summed E-state index contributed by atoms with van der Waals surface area (Å²) in [7, 11) is 1.96. The van der Waals surface area contributed by atoms with E-state index >= 15 is 0 Å².